The maximum Gasteiger partial charge on any atom is 0.312 e. The minimum Gasteiger partial charge on any atom is -0.502 e. The Morgan fingerprint density at radius 3 is 2.86 bits per heavy atom. The Morgan fingerprint density at radius 2 is 2.27 bits per heavy atom. The molecule has 1 amide bonds. The molecule has 1 aromatic carbocycles. The number of nitrogen functional groups attached to an aromatic ring is 1. The molecule has 116 valence electrons. The first kappa shape index (κ1) is 15.6. The van der Waals surface area contributed by atoms with E-state index < -0.39 is 22.3 Å². The molecule has 0 radical (unpaired) electrons. The topological polar surface area (TPSA) is 149 Å². The van der Waals surface area contributed by atoms with Crippen LogP contribution in [0.4, 0.5) is 11.4 Å². The Kier molecular flexibility index (Phi) is 4.46. The summed E-state index contributed by atoms with van der Waals surface area (Å²) in [7, 11) is 0. The van der Waals surface area contributed by atoms with E-state index >= 15 is 0 Å². The Labute approximate surface area is 128 Å². The quantitative estimate of drug-likeness (QED) is 0.238. The zero-order chi connectivity index (χ0) is 16.3. The summed E-state index contributed by atoms with van der Waals surface area (Å²) in [4.78, 5) is 21.8. The molecule has 0 saturated heterocycles. The third-order valence-electron chi connectivity index (χ3n) is 2.62. The number of nitrogens with two attached hydrogens (primary N) is 1. The number of nitrogens with one attached hydrogen (secondary N) is 1. The van der Waals surface area contributed by atoms with Crippen LogP contribution in [0.3, 0.4) is 0 Å². The Balaban J connectivity index is 1.99. The highest BCUT2D eigenvalue weighted by Gasteiger charge is 2.15. The number of amides is 1. The lowest BCUT2D eigenvalue weighted by molar-refractivity contribution is -0.385. The Bertz CT molecular complexity index is 731. The van der Waals surface area contributed by atoms with Gasteiger partial charge in [-0.3, -0.25) is 14.9 Å². The summed E-state index contributed by atoms with van der Waals surface area (Å²) < 4.78 is 1.25. The molecule has 0 spiro atoms. The number of rotatable bonds is 5. The van der Waals surface area contributed by atoms with Crippen molar-refractivity contribution < 1.29 is 14.8 Å². The van der Waals surface area contributed by atoms with Crippen LogP contribution in [0.1, 0.15) is 5.82 Å². The normalized spacial score (nSPS) is 10.4. The van der Waals surface area contributed by atoms with Crippen molar-refractivity contribution >= 4 is 29.0 Å². The van der Waals surface area contributed by atoms with E-state index in [0.717, 1.165) is 23.9 Å². The fourth-order valence-electron chi connectivity index (χ4n) is 1.52. The zero-order valence-electron chi connectivity index (χ0n) is 11.4. The van der Waals surface area contributed by atoms with E-state index in [1.807, 2.05) is 0 Å². The minimum atomic E-state index is -0.737. The smallest absolute Gasteiger partial charge is 0.312 e. The highest BCUT2D eigenvalue weighted by atomic mass is 32.2. The highest BCUT2D eigenvalue weighted by Crippen LogP contribution is 2.28. The van der Waals surface area contributed by atoms with Gasteiger partial charge in [0.25, 0.3) is 0 Å². The number of aromatic hydroxyl groups is 1. The third kappa shape index (κ3) is 3.44. The van der Waals surface area contributed by atoms with Gasteiger partial charge in [0, 0.05) is 11.8 Å². The fourth-order valence-corrected chi connectivity index (χ4v) is 2.23. The Morgan fingerprint density at radius 1 is 1.55 bits per heavy atom. The average Bonchev–Trinajstić information content (AvgIpc) is 2.78. The van der Waals surface area contributed by atoms with Gasteiger partial charge in [-0.2, -0.15) is 0 Å². The monoisotopic (exact) mass is 324 g/mol. The van der Waals surface area contributed by atoms with Gasteiger partial charge in [-0.15, -0.1) is 10.2 Å². The van der Waals surface area contributed by atoms with Crippen LogP contribution in [-0.2, 0) is 4.79 Å². The molecule has 22 heavy (non-hydrogen) atoms. The summed E-state index contributed by atoms with van der Waals surface area (Å²) in [5, 5.41) is 30.5. The number of phenols is 1. The van der Waals surface area contributed by atoms with Crippen molar-refractivity contribution in [2.75, 3.05) is 16.9 Å². The number of carbonyl (C=O) groups is 1. The van der Waals surface area contributed by atoms with E-state index in [2.05, 4.69) is 15.5 Å². The van der Waals surface area contributed by atoms with E-state index in [0.29, 0.717) is 11.0 Å². The Hall–Kier alpha value is -2.82. The van der Waals surface area contributed by atoms with Crippen LogP contribution in [0, 0.1) is 17.0 Å². The van der Waals surface area contributed by atoms with Crippen LogP contribution in [0.5, 0.6) is 5.75 Å². The molecule has 1 heterocycles. The van der Waals surface area contributed by atoms with E-state index in [-0.39, 0.29) is 11.4 Å². The first-order chi connectivity index (χ1) is 10.4. The second kappa shape index (κ2) is 6.30. The summed E-state index contributed by atoms with van der Waals surface area (Å²) in [5.41, 5.74) is -0.275. The van der Waals surface area contributed by atoms with Crippen LogP contribution in [0.15, 0.2) is 23.4 Å². The molecule has 4 N–H and O–H groups in total. The summed E-state index contributed by atoms with van der Waals surface area (Å²) in [5.74, 6) is 5.30. The molecular weight excluding hydrogens is 312 g/mol. The summed E-state index contributed by atoms with van der Waals surface area (Å²) in [6.07, 6.45) is 0. The van der Waals surface area contributed by atoms with Gasteiger partial charge in [0.1, 0.15) is 5.82 Å². The van der Waals surface area contributed by atoms with Gasteiger partial charge in [-0.1, -0.05) is 11.8 Å². The zero-order valence-corrected chi connectivity index (χ0v) is 12.2. The fraction of sp³-hybridized carbons (Fsp3) is 0.182. The van der Waals surface area contributed by atoms with E-state index in [4.69, 9.17) is 5.84 Å². The number of phenolic OH excluding ortho intramolecular Hbond substituents is 1. The number of nitrogens with zero attached hydrogens (tertiary/aromatic N) is 4. The molecule has 0 bridgehead atoms. The number of thioether (sulfide) groups is 1. The number of anilines is 1. The number of aromatic nitrogens is 3. The van der Waals surface area contributed by atoms with Crippen LogP contribution in [0.25, 0.3) is 0 Å². The van der Waals surface area contributed by atoms with Gasteiger partial charge in [-0.05, 0) is 19.1 Å². The summed E-state index contributed by atoms with van der Waals surface area (Å²) >= 11 is 1.08. The molecule has 10 nitrogen and oxygen atoms in total. The number of nitro groups is 1. The van der Waals surface area contributed by atoms with Gasteiger partial charge in [0.2, 0.25) is 11.1 Å². The van der Waals surface area contributed by atoms with E-state index in [9.17, 15) is 20.0 Å². The highest BCUT2D eigenvalue weighted by molar-refractivity contribution is 7.99. The maximum absolute atomic E-state index is 11.8. The molecule has 0 fully saturated rings. The van der Waals surface area contributed by atoms with Crippen LogP contribution < -0.4 is 11.2 Å². The molecule has 0 aliphatic carbocycles. The van der Waals surface area contributed by atoms with Gasteiger partial charge < -0.3 is 16.3 Å². The van der Waals surface area contributed by atoms with Crippen molar-refractivity contribution in [3.8, 4) is 5.75 Å². The molecule has 0 aliphatic heterocycles. The lowest BCUT2D eigenvalue weighted by Crippen LogP contribution is -2.16. The maximum atomic E-state index is 11.8. The lowest BCUT2D eigenvalue weighted by atomic mass is 10.2. The molecule has 0 unspecified atom stereocenters. The SMILES string of the molecule is Cc1nnc(SCC(=O)Nc2ccc(O)c([N+](=O)[O-])c2)n1N. The summed E-state index contributed by atoms with van der Waals surface area (Å²) in [6, 6.07) is 3.58. The molecule has 1 aromatic heterocycles. The van der Waals surface area contributed by atoms with Crippen molar-refractivity contribution in [2.45, 2.75) is 12.1 Å². The molecule has 0 saturated carbocycles. The molecular formula is C11H12N6O4S. The summed E-state index contributed by atoms with van der Waals surface area (Å²) in [6.45, 7) is 1.67. The molecule has 2 rings (SSSR count). The third-order valence-corrected chi connectivity index (χ3v) is 3.57. The lowest BCUT2D eigenvalue weighted by Gasteiger charge is -2.05. The van der Waals surface area contributed by atoms with E-state index in [1.165, 1.54) is 10.7 Å². The molecule has 0 aliphatic rings. The van der Waals surface area contributed by atoms with E-state index in [1.54, 1.807) is 6.92 Å². The number of aryl methyl sites for hydroxylation is 1. The second-order valence-corrected chi connectivity index (χ2v) is 5.14. The van der Waals surface area contributed by atoms with Crippen molar-refractivity contribution in [2.24, 2.45) is 0 Å². The number of carbonyl (C=O) groups excluding carboxylic acids is 1. The van der Waals surface area contributed by atoms with Crippen molar-refractivity contribution in [3.05, 3.63) is 34.1 Å². The van der Waals surface area contributed by atoms with Crippen LogP contribution in [-0.4, -0.2) is 36.6 Å². The van der Waals surface area contributed by atoms with Crippen molar-refractivity contribution in [1.29, 1.82) is 0 Å². The predicted octanol–water partition coefficient (Wildman–Crippen LogP) is 0.645. The first-order valence-corrected chi connectivity index (χ1v) is 6.94. The number of hydrogen-bond acceptors (Lipinski definition) is 8. The average molecular weight is 324 g/mol. The second-order valence-electron chi connectivity index (χ2n) is 4.20. The van der Waals surface area contributed by atoms with Crippen LogP contribution in [0.2, 0.25) is 0 Å². The molecule has 0 atom stereocenters. The standard InChI is InChI=1S/C11H12N6O4S/c1-6-14-15-11(16(6)12)22-5-10(19)13-7-2-3-9(18)8(4-7)17(20)21/h2-4,18H,5,12H2,1H3,(H,13,19). The molecule has 2 aromatic rings. The number of nitro benzene ring substituents is 1. The van der Waals surface area contributed by atoms with Crippen molar-refractivity contribution in [3.63, 3.8) is 0 Å². The van der Waals surface area contributed by atoms with Gasteiger partial charge in [0.15, 0.2) is 5.75 Å². The minimum absolute atomic E-state index is 0.00398. The van der Waals surface area contributed by atoms with Gasteiger partial charge in [-0.25, -0.2) is 4.68 Å². The van der Waals surface area contributed by atoms with Gasteiger partial charge >= 0.3 is 5.69 Å². The predicted molar refractivity (Wildman–Crippen MR) is 79.0 cm³/mol. The molecule has 11 heteroatoms. The largest absolute Gasteiger partial charge is 0.502 e. The number of benzene rings is 1. The van der Waals surface area contributed by atoms with Crippen molar-refractivity contribution in [1.82, 2.24) is 14.9 Å². The van der Waals surface area contributed by atoms with Gasteiger partial charge in [0.05, 0.1) is 10.7 Å². The number of hydrogen-bond donors (Lipinski definition) is 3. The first-order valence-electron chi connectivity index (χ1n) is 5.95. The van der Waals surface area contributed by atoms with Crippen LogP contribution >= 0.6 is 11.8 Å².